The van der Waals surface area contributed by atoms with Crippen molar-refractivity contribution in [1.29, 1.82) is 0 Å². The molecular formula is C12H21ClN2O2. The van der Waals surface area contributed by atoms with E-state index in [2.05, 4.69) is 5.32 Å². The molecular weight excluding hydrogens is 240 g/mol. The molecule has 1 aliphatic carbocycles. The number of nitrogens with one attached hydrogen (secondary N) is 1. The summed E-state index contributed by atoms with van der Waals surface area (Å²) in [7, 11) is 0. The normalized spacial score (nSPS) is 40.2. The summed E-state index contributed by atoms with van der Waals surface area (Å²) < 4.78 is 0. The van der Waals surface area contributed by atoms with Gasteiger partial charge >= 0.3 is 0 Å². The number of fused-ring (bicyclic) bond motifs is 1. The molecule has 1 saturated carbocycles. The Morgan fingerprint density at radius 3 is 2.41 bits per heavy atom. The predicted octanol–water partition coefficient (Wildman–Crippen LogP) is 0.389. The van der Waals surface area contributed by atoms with Gasteiger partial charge in [0, 0.05) is 19.6 Å². The first kappa shape index (κ1) is 13.1. The Morgan fingerprint density at radius 2 is 1.88 bits per heavy atom. The maximum Gasteiger partial charge on any atom is 0.239 e. The molecule has 4 unspecified atom stereocenters. The minimum Gasteiger partial charge on any atom is -0.392 e. The number of likely N-dealkylation sites (tertiary alicyclic amines) is 1. The summed E-state index contributed by atoms with van der Waals surface area (Å²) in [5, 5.41) is 12.5. The lowest BCUT2D eigenvalue weighted by atomic mass is 10.0. The lowest BCUT2D eigenvalue weighted by Gasteiger charge is -2.21. The zero-order valence-corrected chi connectivity index (χ0v) is 10.8. The number of aliphatic hydroxyl groups is 1. The first-order valence-electron chi connectivity index (χ1n) is 6.44. The molecule has 0 spiro atoms. The van der Waals surface area contributed by atoms with Crippen molar-refractivity contribution in [2.45, 2.75) is 37.8 Å². The largest absolute Gasteiger partial charge is 0.392 e. The smallest absolute Gasteiger partial charge is 0.239 e. The van der Waals surface area contributed by atoms with Crippen LogP contribution in [0.15, 0.2) is 0 Å². The number of nitrogens with zero attached hydrogens (tertiary/aromatic N) is 1. The summed E-state index contributed by atoms with van der Waals surface area (Å²) in [4.78, 5) is 14.2. The van der Waals surface area contributed by atoms with Crippen LogP contribution in [0.25, 0.3) is 0 Å². The van der Waals surface area contributed by atoms with Gasteiger partial charge < -0.3 is 15.3 Å². The van der Waals surface area contributed by atoms with Crippen LogP contribution in [0.1, 0.15) is 25.7 Å². The van der Waals surface area contributed by atoms with E-state index < -0.39 is 0 Å². The molecule has 0 radical (unpaired) electrons. The molecule has 3 fully saturated rings. The van der Waals surface area contributed by atoms with Crippen LogP contribution in [0.3, 0.4) is 0 Å². The Hall–Kier alpha value is -0.320. The van der Waals surface area contributed by atoms with Crippen LogP contribution in [0.5, 0.6) is 0 Å². The van der Waals surface area contributed by atoms with E-state index in [1.165, 1.54) is 19.3 Å². The van der Waals surface area contributed by atoms with Gasteiger partial charge in [0.15, 0.2) is 0 Å². The number of hydrogen-bond acceptors (Lipinski definition) is 3. The van der Waals surface area contributed by atoms with Gasteiger partial charge in [0.05, 0.1) is 12.1 Å². The molecule has 1 amide bonds. The first-order valence-corrected chi connectivity index (χ1v) is 6.44. The second-order valence-corrected chi connectivity index (χ2v) is 5.54. The fraction of sp³-hybridized carbons (Fsp3) is 0.917. The molecule has 4 atom stereocenters. The molecule has 0 aromatic carbocycles. The number of aliphatic hydroxyl groups excluding tert-OH is 1. The molecule has 2 N–H and O–H groups in total. The van der Waals surface area contributed by atoms with Gasteiger partial charge in [0.2, 0.25) is 5.91 Å². The summed E-state index contributed by atoms with van der Waals surface area (Å²) in [5.74, 6) is 1.73. The first-order chi connectivity index (χ1) is 7.74. The van der Waals surface area contributed by atoms with E-state index in [1.54, 1.807) is 0 Å². The van der Waals surface area contributed by atoms with E-state index in [9.17, 15) is 9.90 Å². The van der Waals surface area contributed by atoms with Crippen molar-refractivity contribution >= 4 is 18.3 Å². The van der Waals surface area contributed by atoms with Gasteiger partial charge in [-0.15, -0.1) is 12.4 Å². The zero-order chi connectivity index (χ0) is 11.1. The highest BCUT2D eigenvalue weighted by Crippen LogP contribution is 2.38. The number of amides is 1. The van der Waals surface area contributed by atoms with Crippen LogP contribution in [0.2, 0.25) is 0 Å². The Morgan fingerprint density at radius 1 is 1.24 bits per heavy atom. The lowest BCUT2D eigenvalue weighted by Crippen LogP contribution is -2.42. The minimum absolute atomic E-state index is 0. The molecule has 2 saturated heterocycles. The highest BCUT2D eigenvalue weighted by Gasteiger charge is 2.40. The molecule has 17 heavy (non-hydrogen) atoms. The van der Waals surface area contributed by atoms with Crippen molar-refractivity contribution < 1.29 is 9.90 Å². The third-order valence-corrected chi connectivity index (χ3v) is 4.44. The van der Waals surface area contributed by atoms with Crippen molar-refractivity contribution in [2.75, 3.05) is 19.6 Å². The summed E-state index contributed by atoms with van der Waals surface area (Å²) in [6.45, 7) is 2.48. The topological polar surface area (TPSA) is 52.6 Å². The highest BCUT2D eigenvalue weighted by atomic mass is 35.5. The summed E-state index contributed by atoms with van der Waals surface area (Å²) >= 11 is 0. The molecule has 2 aliphatic heterocycles. The Labute approximate surface area is 108 Å². The molecule has 3 aliphatic rings. The van der Waals surface area contributed by atoms with Crippen molar-refractivity contribution in [1.82, 2.24) is 10.2 Å². The maximum atomic E-state index is 12.2. The van der Waals surface area contributed by atoms with Crippen molar-refractivity contribution in [3.8, 4) is 0 Å². The SMILES string of the molecule is Cl.O=C(C1CC(O)CN1)N1CC2CCCC2C1. The molecule has 98 valence electrons. The van der Waals surface area contributed by atoms with Crippen LogP contribution in [0, 0.1) is 11.8 Å². The van der Waals surface area contributed by atoms with Crippen LogP contribution in [-0.4, -0.2) is 47.7 Å². The Kier molecular flexibility index (Phi) is 3.95. The Balaban J connectivity index is 0.00000108. The van der Waals surface area contributed by atoms with Gasteiger partial charge in [-0.1, -0.05) is 6.42 Å². The molecule has 0 aromatic heterocycles. The third-order valence-electron chi connectivity index (χ3n) is 4.44. The number of halogens is 1. The molecule has 5 heteroatoms. The van der Waals surface area contributed by atoms with Gasteiger partial charge in [-0.3, -0.25) is 4.79 Å². The summed E-state index contributed by atoms with van der Waals surface area (Å²) in [6.07, 6.45) is 4.20. The standard InChI is InChI=1S/C12H20N2O2.ClH/c15-10-4-11(13-5-10)12(16)14-6-8-2-1-3-9(8)7-14;/h8-11,13,15H,1-7H2;1H. The molecule has 3 rings (SSSR count). The molecule has 4 nitrogen and oxygen atoms in total. The van der Waals surface area contributed by atoms with Crippen molar-refractivity contribution in [3.63, 3.8) is 0 Å². The van der Waals surface area contributed by atoms with Crippen LogP contribution >= 0.6 is 12.4 Å². The maximum absolute atomic E-state index is 12.2. The molecule has 0 aromatic rings. The molecule has 2 heterocycles. The number of carbonyl (C=O) groups excluding carboxylic acids is 1. The van der Waals surface area contributed by atoms with Gasteiger partial charge in [0.25, 0.3) is 0 Å². The van der Waals surface area contributed by atoms with Crippen LogP contribution in [0.4, 0.5) is 0 Å². The highest BCUT2D eigenvalue weighted by molar-refractivity contribution is 5.85. The van der Waals surface area contributed by atoms with Gasteiger partial charge in [-0.2, -0.15) is 0 Å². The number of hydrogen-bond donors (Lipinski definition) is 2. The van der Waals surface area contributed by atoms with Crippen molar-refractivity contribution in [2.24, 2.45) is 11.8 Å². The lowest BCUT2D eigenvalue weighted by molar-refractivity contribution is -0.132. The predicted molar refractivity (Wildman–Crippen MR) is 67.1 cm³/mol. The number of β-amino-alcohol motifs (C(OH)–C–C–N with tert-alkyl or cyclic N) is 1. The minimum atomic E-state index is -0.337. The van der Waals surface area contributed by atoms with Gasteiger partial charge in [-0.25, -0.2) is 0 Å². The van der Waals surface area contributed by atoms with E-state index in [0.29, 0.717) is 13.0 Å². The fourth-order valence-corrected chi connectivity index (χ4v) is 3.54. The average Bonchev–Trinajstić information content (AvgIpc) is 2.89. The average molecular weight is 261 g/mol. The van der Waals surface area contributed by atoms with Gasteiger partial charge in [0.1, 0.15) is 0 Å². The quantitative estimate of drug-likeness (QED) is 0.717. The summed E-state index contributed by atoms with van der Waals surface area (Å²) in [6, 6.07) is -0.131. The van der Waals surface area contributed by atoms with Crippen molar-refractivity contribution in [3.05, 3.63) is 0 Å². The van der Waals surface area contributed by atoms with E-state index in [4.69, 9.17) is 0 Å². The number of carbonyl (C=O) groups is 1. The third kappa shape index (κ3) is 2.44. The van der Waals surface area contributed by atoms with E-state index in [0.717, 1.165) is 24.9 Å². The van der Waals surface area contributed by atoms with Gasteiger partial charge in [-0.05, 0) is 31.1 Å². The summed E-state index contributed by atoms with van der Waals surface area (Å²) in [5.41, 5.74) is 0. The van der Waals surface area contributed by atoms with E-state index >= 15 is 0 Å². The second-order valence-electron chi connectivity index (χ2n) is 5.54. The monoisotopic (exact) mass is 260 g/mol. The van der Waals surface area contributed by atoms with Crippen LogP contribution < -0.4 is 5.32 Å². The van der Waals surface area contributed by atoms with E-state index in [1.807, 2.05) is 4.90 Å². The number of rotatable bonds is 1. The fourth-order valence-electron chi connectivity index (χ4n) is 3.54. The van der Waals surface area contributed by atoms with Crippen LogP contribution in [-0.2, 0) is 4.79 Å². The zero-order valence-electron chi connectivity index (χ0n) is 9.97. The van der Waals surface area contributed by atoms with E-state index in [-0.39, 0.29) is 30.5 Å². The molecule has 0 bridgehead atoms. The Bertz CT molecular complexity index is 288. The second kappa shape index (κ2) is 5.12.